The molecule has 0 saturated heterocycles. The molecule has 16 heavy (non-hydrogen) atoms. The first-order chi connectivity index (χ1) is 7.41. The van der Waals surface area contributed by atoms with E-state index in [1.807, 2.05) is 4.68 Å². The molecule has 1 aliphatic carbocycles. The van der Waals surface area contributed by atoms with Crippen molar-refractivity contribution >= 4 is 17.4 Å². The highest BCUT2D eigenvalue weighted by Crippen LogP contribution is 2.44. The summed E-state index contributed by atoms with van der Waals surface area (Å²) in [4.78, 5) is 0. The fourth-order valence-corrected chi connectivity index (χ4v) is 3.04. The van der Waals surface area contributed by atoms with E-state index in [0.717, 1.165) is 6.42 Å². The van der Waals surface area contributed by atoms with Gasteiger partial charge in [-0.3, -0.25) is 0 Å². The van der Waals surface area contributed by atoms with Gasteiger partial charge in [0, 0.05) is 0 Å². The van der Waals surface area contributed by atoms with Gasteiger partial charge in [0.2, 0.25) is 0 Å². The second kappa shape index (κ2) is 3.95. The molecule has 3 nitrogen and oxygen atoms in total. The molecule has 0 aromatic carbocycles. The van der Waals surface area contributed by atoms with Gasteiger partial charge in [-0.05, 0) is 30.6 Å². The molecule has 4 heteroatoms. The van der Waals surface area contributed by atoms with E-state index in [1.165, 1.54) is 12.8 Å². The minimum Gasteiger partial charge on any atom is -0.383 e. The van der Waals surface area contributed by atoms with Crippen LogP contribution >= 0.6 is 11.6 Å². The number of rotatable bonds is 1. The predicted octanol–water partition coefficient (Wildman–Crippen LogP) is 3.51. The maximum atomic E-state index is 5.94. The summed E-state index contributed by atoms with van der Waals surface area (Å²) >= 11 is 5.94. The van der Waals surface area contributed by atoms with Crippen LogP contribution in [-0.4, -0.2) is 9.78 Å². The lowest BCUT2D eigenvalue weighted by molar-refractivity contribution is 0.127. The molecule has 90 valence electrons. The van der Waals surface area contributed by atoms with Crippen LogP contribution in [0.5, 0.6) is 0 Å². The number of nitrogens with two attached hydrogens (primary N) is 1. The maximum absolute atomic E-state index is 5.94. The molecule has 1 heterocycles. The molecule has 2 N–H and O–H groups in total. The quantitative estimate of drug-likeness (QED) is 0.818. The summed E-state index contributed by atoms with van der Waals surface area (Å²) in [5.74, 6) is 1.21. The van der Waals surface area contributed by atoms with E-state index in [0.29, 0.717) is 28.2 Å². The van der Waals surface area contributed by atoms with Crippen molar-refractivity contribution < 1.29 is 0 Å². The zero-order valence-electron chi connectivity index (χ0n) is 10.2. The molecular weight excluding hydrogens is 222 g/mol. The second-order valence-electron chi connectivity index (χ2n) is 5.77. The van der Waals surface area contributed by atoms with Gasteiger partial charge in [0.15, 0.2) is 0 Å². The van der Waals surface area contributed by atoms with Crippen LogP contribution in [0.1, 0.15) is 46.1 Å². The van der Waals surface area contributed by atoms with Crippen molar-refractivity contribution in [2.75, 3.05) is 5.73 Å². The lowest BCUT2D eigenvalue weighted by Gasteiger charge is -2.39. The molecule has 1 aromatic heterocycles. The van der Waals surface area contributed by atoms with Crippen molar-refractivity contribution in [1.29, 1.82) is 0 Å². The van der Waals surface area contributed by atoms with Crippen molar-refractivity contribution in [3.63, 3.8) is 0 Å². The zero-order valence-corrected chi connectivity index (χ0v) is 11.0. The Balaban J connectivity index is 2.21. The van der Waals surface area contributed by atoms with Gasteiger partial charge in [-0.2, -0.15) is 5.10 Å². The topological polar surface area (TPSA) is 43.8 Å². The molecule has 0 aliphatic heterocycles. The number of halogens is 1. The molecule has 1 aliphatic rings. The van der Waals surface area contributed by atoms with Crippen molar-refractivity contribution in [3.05, 3.63) is 11.2 Å². The number of nitrogen functional groups attached to an aromatic ring is 1. The Morgan fingerprint density at radius 1 is 1.56 bits per heavy atom. The third kappa shape index (κ3) is 2.05. The van der Waals surface area contributed by atoms with Gasteiger partial charge in [0.1, 0.15) is 10.8 Å². The van der Waals surface area contributed by atoms with Gasteiger partial charge in [-0.25, -0.2) is 4.68 Å². The van der Waals surface area contributed by atoms with Crippen molar-refractivity contribution in [3.8, 4) is 0 Å². The molecule has 0 radical (unpaired) electrons. The third-order valence-electron chi connectivity index (χ3n) is 3.75. The Labute approximate surface area is 102 Å². The molecule has 2 unspecified atom stereocenters. The lowest BCUT2D eigenvalue weighted by Crippen LogP contribution is -2.31. The summed E-state index contributed by atoms with van der Waals surface area (Å²) in [5.41, 5.74) is 6.38. The molecule has 1 saturated carbocycles. The molecule has 1 fully saturated rings. The molecule has 1 aromatic rings. The molecule has 0 bridgehead atoms. The van der Waals surface area contributed by atoms with E-state index in [-0.39, 0.29) is 0 Å². The fourth-order valence-electron chi connectivity index (χ4n) is 2.91. The van der Waals surface area contributed by atoms with Gasteiger partial charge in [0.25, 0.3) is 0 Å². The van der Waals surface area contributed by atoms with Crippen LogP contribution in [0.15, 0.2) is 6.20 Å². The highest BCUT2D eigenvalue weighted by molar-refractivity contribution is 6.32. The van der Waals surface area contributed by atoms with Crippen LogP contribution in [0, 0.1) is 11.3 Å². The molecular formula is C12H20ClN3. The Kier molecular flexibility index (Phi) is 2.91. The van der Waals surface area contributed by atoms with Crippen LogP contribution in [0.25, 0.3) is 0 Å². The summed E-state index contributed by atoms with van der Waals surface area (Å²) < 4.78 is 1.90. The van der Waals surface area contributed by atoms with E-state index in [4.69, 9.17) is 17.3 Å². The number of hydrogen-bond donors (Lipinski definition) is 1. The van der Waals surface area contributed by atoms with E-state index < -0.39 is 0 Å². The molecule has 0 spiro atoms. The van der Waals surface area contributed by atoms with E-state index in [9.17, 15) is 0 Å². The predicted molar refractivity (Wildman–Crippen MR) is 67.5 cm³/mol. The SMILES string of the molecule is CC1CC(C)(C)CCC1n1ncc(Cl)c1N. The zero-order chi connectivity index (χ0) is 11.9. The first kappa shape index (κ1) is 11.8. The highest BCUT2D eigenvalue weighted by Gasteiger charge is 2.34. The van der Waals surface area contributed by atoms with Crippen molar-refractivity contribution in [2.45, 2.75) is 46.1 Å². The lowest BCUT2D eigenvalue weighted by atomic mass is 9.70. The van der Waals surface area contributed by atoms with Gasteiger partial charge >= 0.3 is 0 Å². The number of hydrogen-bond acceptors (Lipinski definition) is 2. The molecule has 0 amide bonds. The second-order valence-corrected chi connectivity index (χ2v) is 6.18. The summed E-state index contributed by atoms with van der Waals surface area (Å²) in [6.45, 7) is 6.94. The van der Waals surface area contributed by atoms with E-state index in [2.05, 4.69) is 25.9 Å². The third-order valence-corrected chi connectivity index (χ3v) is 4.04. The van der Waals surface area contributed by atoms with Crippen LogP contribution in [0.4, 0.5) is 5.82 Å². The smallest absolute Gasteiger partial charge is 0.140 e. The summed E-state index contributed by atoms with van der Waals surface area (Å²) in [7, 11) is 0. The van der Waals surface area contributed by atoms with Crippen molar-refractivity contribution in [1.82, 2.24) is 9.78 Å². The fraction of sp³-hybridized carbons (Fsp3) is 0.750. The van der Waals surface area contributed by atoms with Gasteiger partial charge in [0.05, 0.1) is 12.2 Å². The van der Waals surface area contributed by atoms with E-state index in [1.54, 1.807) is 6.20 Å². The average Bonchev–Trinajstić information content (AvgIpc) is 2.48. The van der Waals surface area contributed by atoms with Crippen LogP contribution in [0.2, 0.25) is 5.02 Å². The number of anilines is 1. The summed E-state index contributed by atoms with van der Waals surface area (Å²) in [5, 5.41) is 4.86. The average molecular weight is 242 g/mol. The standard InChI is InChI=1S/C12H20ClN3/c1-8-6-12(2,3)5-4-10(8)16-11(14)9(13)7-15-16/h7-8,10H,4-6,14H2,1-3H3. The Bertz CT molecular complexity index is 384. The maximum Gasteiger partial charge on any atom is 0.140 e. The van der Waals surface area contributed by atoms with Crippen LogP contribution in [0.3, 0.4) is 0 Å². The Morgan fingerprint density at radius 3 is 2.75 bits per heavy atom. The Morgan fingerprint density at radius 2 is 2.25 bits per heavy atom. The molecule has 2 rings (SSSR count). The largest absolute Gasteiger partial charge is 0.383 e. The van der Waals surface area contributed by atoms with Gasteiger partial charge in [-0.15, -0.1) is 0 Å². The minimum atomic E-state index is 0.403. The van der Waals surface area contributed by atoms with Gasteiger partial charge in [-0.1, -0.05) is 32.4 Å². The van der Waals surface area contributed by atoms with Crippen molar-refractivity contribution in [2.24, 2.45) is 11.3 Å². The highest BCUT2D eigenvalue weighted by atomic mass is 35.5. The van der Waals surface area contributed by atoms with Gasteiger partial charge < -0.3 is 5.73 Å². The number of nitrogens with zero attached hydrogens (tertiary/aromatic N) is 2. The van der Waals surface area contributed by atoms with E-state index >= 15 is 0 Å². The monoisotopic (exact) mass is 241 g/mol. The summed E-state index contributed by atoms with van der Waals surface area (Å²) in [6, 6.07) is 0.403. The van der Waals surface area contributed by atoms with Crippen LogP contribution in [-0.2, 0) is 0 Å². The first-order valence-corrected chi connectivity index (χ1v) is 6.27. The number of aromatic nitrogens is 2. The summed E-state index contributed by atoms with van der Waals surface area (Å²) in [6.07, 6.45) is 5.22. The normalized spacial score (nSPS) is 29.2. The Hall–Kier alpha value is -0.700. The molecule has 2 atom stereocenters. The minimum absolute atomic E-state index is 0.403. The van der Waals surface area contributed by atoms with Crippen LogP contribution < -0.4 is 5.73 Å². The first-order valence-electron chi connectivity index (χ1n) is 5.89.